The van der Waals surface area contributed by atoms with Crippen LogP contribution in [0.25, 0.3) is 0 Å². The summed E-state index contributed by atoms with van der Waals surface area (Å²) in [6.45, 7) is 5.78. The van der Waals surface area contributed by atoms with Gasteiger partial charge in [-0.3, -0.25) is 9.89 Å². The lowest BCUT2D eigenvalue weighted by atomic mass is 10.1. The fourth-order valence-corrected chi connectivity index (χ4v) is 2.60. The van der Waals surface area contributed by atoms with Gasteiger partial charge >= 0.3 is 0 Å². The second-order valence-electron chi connectivity index (χ2n) is 5.10. The third kappa shape index (κ3) is 3.80. The van der Waals surface area contributed by atoms with Crippen LogP contribution in [0.5, 0.6) is 0 Å². The van der Waals surface area contributed by atoms with Gasteiger partial charge in [-0.2, -0.15) is 5.10 Å². The first-order chi connectivity index (χ1) is 10.4. The number of aromatic nitrogens is 2. The fraction of sp³-hybridized carbons (Fsp3) is 0.333. The van der Waals surface area contributed by atoms with Crippen LogP contribution in [0.2, 0.25) is 10.0 Å². The molecule has 0 fully saturated rings. The number of benzene rings is 1. The van der Waals surface area contributed by atoms with E-state index in [9.17, 15) is 4.79 Å². The molecule has 1 aromatic heterocycles. The number of nitrogens with one attached hydrogen (secondary N) is 3. The molecule has 0 radical (unpaired) electrons. The van der Waals surface area contributed by atoms with E-state index in [1.54, 1.807) is 6.07 Å². The van der Waals surface area contributed by atoms with Crippen molar-refractivity contribution in [2.24, 2.45) is 0 Å². The molecule has 1 heterocycles. The summed E-state index contributed by atoms with van der Waals surface area (Å²) >= 11 is 12.2. The molecule has 0 unspecified atom stereocenters. The first-order valence-corrected chi connectivity index (χ1v) is 7.64. The van der Waals surface area contributed by atoms with Crippen molar-refractivity contribution in [1.29, 1.82) is 0 Å². The van der Waals surface area contributed by atoms with Gasteiger partial charge < -0.3 is 10.6 Å². The van der Waals surface area contributed by atoms with Crippen LogP contribution in [0.4, 0.5) is 5.69 Å². The lowest BCUT2D eigenvalue weighted by Crippen LogP contribution is -2.30. The minimum Gasteiger partial charge on any atom is -0.322 e. The van der Waals surface area contributed by atoms with Crippen molar-refractivity contribution in [2.45, 2.75) is 26.8 Å². The molecule has 0 aliphatic carbocycles. The maximum Gasteiger partial charge on any atom is 0.238 e. The fourth-order valence-electron chi connectivity index (χ4n) is 2.13. The van der Waals surface area contributed by atoms with Crippen molar-refractivity contribution in [3.63, 3.8) is 0 Å². The normalized spacial score (nSPS) is 12.2. The Morgan fingerprint density at radius 1 is 1.36 bits per heavy atom. The number of halogens is 2. The van der Waals surface area contributed by atoms with Gasteiger partial charge in [0.05, 0.1) is 33.7 Å². The Morgan fingerprint density at radius 2 is 2.09 bits per heavy atom. The van der Waals surface area contributed by atoms with Gasteiger partial charge in [0.25, 0.3) is 0 Å². The highest BCUT2D eigenvalue weighted by Crippen LogP contribution is 2.29. The predicted molar refractivity (Wildman–Crippen MR) is 89.6 cm³/mol. The average Bonchev–Trinajstić information content (AvgIpc) is 2.79. The lowest BCUT2D eigenvalue weighted by molar-refractivity contribution is -0.115. The summed E-state index contributed by atoms with van der Waals surface area (Å²) in [5.74, 6) is -0.141. The minimum absolute atomic E-state index is 0.0940. The van der Waals surface area contributed by atoms with E-state index < -0.39 is 0 Å². The maximum absolute atomic E-state index is 12.0. The average molecular weight is 341 g/mol. The highest BCUT2D eigenvalue weighted by molar-refractivity contribution is 6.42. The van der Waals surface area contributed by atoms with Crippen molar-refractivity contribution in [3.8, 4) is 0 Å². The Hall–Kier alpha value is -1.56. The predicted octanol–water partition coefficient (Wildman–Crippen LogP) is 3.62. The second-order valence-corrected chi connectivity index (χ2v) is 5.89. The van der Waals surface area contributed by atoms with Crippen LogP contribution in [0.1, 0.15) is 29.9 Å². The summed E-state index contributed by atoms with van der Waals surface area (Å²) in [7, 11) is 0. The number of hydrogen-bond acceptors (Lipinski definition) is 3. The molecule has 1 atom stereocenters. The van der Waals surface area contributed by atoms with Crippen molar-refractivity contribution < 1.29 is 4.79 Å². The van der Waals surface area contributed by atoms with Crippen LogP contribution < -0.4 is 10.6 Å². The standard InChI is InChI=1S/C15H18Cl2N4O/c1-8(11-5-4-6-12(16)14(11)17)18-7-13(22)19-15-9(2)20-21-10(15)3/h4-6,8,18H,7H2,1-3H3,(H,19,22)(H,20,21)/t8-/m1/s1. The van der Waals surface area contributed by atoms with E-state index in [0.29, 0.717) is 10.0 Å². The molecule has 22 heavy (non-hydrogen) atoms. The molecule has 2 rings (SSSR count). The largest absolute Gasteiger partial charge is 0.322 e. The SMILES string of the molecule is Cc1n[nH]c(C)c1NC(=O)CN[C@H](C)c1cccc(Cl)c1Cl. The summed E-state index contributed by atoms with van der Waals surface area (Å²) in [6, 6.07) is 5.36. The van der Waals surface area contributed by atoms with E-state index in [4.69, 9.17) is 23.2 Å². The molecule has 0 saturated heterocycles. The number of carbonyl (C=O) groups excluding carboxylic acids is 1. The summed E-state index contributed by atoms with van der Waals surface area (Å²) in [6.07, 6.45) is 0. The van der Waals surface area contributed by atoms with E-state index in [1.807, 2.05) is 32.9 Å². The molecule has 5 nitrogen and oxygen atoms in total. The Labute approximate surface area is 139 Å². The topological polar surface area (TPSA) is 69.8 Å². The highest BCUT2D eigenvalue weighted by atomic mass is 35.5. The van der Waals surface area contributed by atoms with E-state index in [2.05, 4.69) is 20.8 Å². The molecule has 3 N–H and O–H groups in total. The number of amides is 1. The summed E-state index contributed by atoms with van der Waals surface area (Å²) in [5, 5.41) is 13.8. The number of anilines is 1. The van der Waals surface area contributed by atoms with Crippen LogP contribution >= 0.6 is 23.2 Å². The van der Waals surface area contributed by atoms with E-state index in [-0.39, 0.29) is 18.5 Å². The Kier molecular flexibility index (Phi) is 5.45. The molecule has 1 amide bonds. The molecule has 7 heteroatoms. The Morgan fingerprint density at radius 3 is 2.73 bits per heavy atom. The number of nitrogens with zero attached hydrogens (tertiary/aromatic N) is 1. The molecule has 0 aliphatic heterocycles. The number of aryl methyl sites for hydroxylation is 2. The highest BCUT2D eigenvalue weighted by Gasteiger charge is 2.14. The first kappa shape index (κ1) is 16.8. The summed E-state index contributed by atoms with van der Waals surface area (Å²) in [4.78, 5) is 12.0. The minimum atomic E-state index is -0.141. The van der Waals surface area contributed by atoms with Gasteiger partial charge in [0.2, 0.25) is 5.91 Å². The zero-order valence-electron chi connectivity index (χ0n) is 12.6. The molecule has 2 aromatic rings. The maximum atomic E-state index is 12.0. The third-order valence-corrected chi connectivity index (χ3v) is 4.24. The molecule has 1 aromatic carbocycles. The van der Waals surface area contributed by atoms with E-state index >= 15 is 0 Å². The van der Waals surface area contributed by atoms with Gasteiger partial charge in [0, 0.05) is 6.04 Å². The zero-order valence-corrected chi connectivity index (χ0v) is 14.1. The van der Waals surface area contributed by atoms with Crippen LogP contribution in [-0.4, -0.2) is 22.6 Å². The van der Waals surface area contributed by atoms with Gasteiger partial charge in [-0.1, -0.05) is 35.3 Å². The quantitative estimate of drug-likeness (QED) is 0.778. The van der Waals surface area contributed by atoms with Crippen LogP contribution in [0.3, 0.4) is 0 Å². The zero-order chi connectivity index (χ0) is 16.3. The van der Waals surface area contributed by atoms with E-state index in [1.165, 1.54) is 0 Å². The smallest absolute Gasteiger partial charge is 0.238 e. The number of H-pyrrole nitrogens is 1. The van der Waals surface area contributed by atoms with Crippen molar-refractivity contribution in [3.05, 3.63) is 45.2 Å². The summed E-state index contributed by atoms with van der Waals surface area (Å²) in [5.41, 5.74) is 3.17. The second kappa shape index (κ2) is 7.13. The summed E-state index contributed by atoms with van der Waals surface area (Å²) < 4.78 is 0. The van der Waals surface area contributed by atoms with Crippen LogP contribution in [0, 0.1) is 13.8 Å². The molecule has 118 valence electrons. The molecule has 0 bridgehead atoms. The van der Waals surface area contributed by atoms with Gasteiger partial charge in [-0.25, -0.2) is 0 Å². The molecule has 0 saturated carbocycles. The monoisotopic (exact) mass is 340 g/mol. The molecule has 0 aliphatic rings. The van der Waals surface area contributed by atoms with Crippen LogP contribution in [0.15, 0.2) is 18.2 Å². The number of rotatable bonds is 5. The van der Waals surface area contributed by atoms with Crippen molar-refractivity contribution in [2.75, 3.05) is 11.9 Å². The van der Waals surface area contributed by atoms with Gasteiger partial charge in [0.15, 0.2) is 0 Å². The van der Waals surface area contributed by atoms with Crippen molar-refractivity contribution >= 4 is 34.8 Å². The number of hydrogen-bond donors (Lipinski definition) is 3. The van der Waals surface area contributed by atoms with Gasteiger partial charge in [-0.05, 0) is 32.4 Å². The Bertz CT molecular complexity index is 665. The molecule has 0 spiro atoms. The molecular weight excluding hydrogens is 323 g/mol. The van der Waals surface area contributed by atoms with Crippen LogP contribution in [-0.2, 0) is 4.79 Å². The van der Waals surface area contributed by atoms with Gasteiger partial charge in [0.1, 0.15) is 0 Å². The third-order valence-electron chi connectivity index (χ3n) is 3.41. The lowest BCUT2D eigenvalue weighted by Gasteiger charge is -2.16. The Balaban J connectivity index is 1.95. The molecular formula is C15H18Cl2N4O. The first-order valence-electron chi connectivity index (χ1n) is 6.89. The number of carbonyl (C=O) groups is 1. The number of aromatic amines is 1. The van der Waals surface area contributed by atoms with E-state index in [0.717, 1.165) is 22.6 Å². The van der Waals surface area contributed by atoms with Gasteiger partial charge in [-0.15, -0.1) is 0 Å². The van der Waals surface area contributed by atoms with Crippen molar-refractivity contribution in [1.82, 2.24) is 15.5 Å².